The zero-order valence-electron chi connectivity index (χ0n) is 10.3. The molecule has 0 radical (unpaired) electrons. The van der Waals surface area contributed by atoms with Crippen molar-refractivity contribution in [2.75, 3.05) is 0 Å². The maximum absolute atomic E-state index is 11.6. The molecule has 0 atom stereocenters. The van der Waals surface area contributed by atoms with Crippen LogP contribution in [0.4, 0.5) is 0 Å². The molecule has 1 aromatic rings. The summed E-state index contributed by atoms with van der Waals surface area (Å²) in [6.45, 7) is 0. The number of aromatic carboxylic acids is 1. The second kappa shape index (κ2) is 5.51. The van der Waals surface area contributed by atoms with E-state index in [1.807, 2.05) is 0 Å². The molecule has 0 heterocycles. The molecule has 2 rings (SSSR count). The van der Waals surface area contributed by atoms with Gasteiger partial charge in [0.15, 0.2) is 0 Å². The summed E-state index contributed by atoms with van der Waals surface area (Å²) in [5, 5.41) is 8.94. The Kier molecular flexibility index (Phi) is 4.16. The predicted molar refractivity (Wildman–Crippen MR) is 72.3 cm³/mol. The van der Waals surface area contributed by atoms with Crippen molar-refractivity contribution in [3.63, 3.8) is 0 Å². The summed E-state index contributed by atoms with van der Waals surface area (Å²) in [7, 11) is 1.51. The molecule has 19 heavy (non-hydrogen) atoms. The molecule has 1 aromatic carbocycles. The second-order valence-electron chi connectivity index (χ2n) is 4.83. The summed E-state index contributed by atoms with van der Waals surface area (Å²) in [4.78, 5) is 10.9. The van der Waals surface area contributed by atoms with Crippen molar-refractivity contribution in [1.82, 2.24) is 0 Å². The van der Waals surface area contributed by atoms with Crippen LogP contribution in [0, 0.1) is 0 Å². The highest BCUT2D eigenvalue weighted by atomic mass is 35.7. The van der Waals surface area contributed by atoms with E-state index in [0.717, 1.165) is 38.2 Å². The Morgan fingerprint density at radius 1 is 1.21 bits per heavy atom. The van der Waals surface area contributed by atoms with Crippen LogP contribution in [0.2, 0.25) is 0 Å². The molecule has 1 fully saturated rings. The number of hydrogen-bond donors (Lipinski definition) is 1. The molecule has 6 heteroatoms. The van der Waals surface area contributed by atoms with Gasteiger partial charge in [-0.15, -0.1) is 0 Å². The second-order valence-corrected chi connectivity index (χ2v) is 7.36. The van der Waals surface area contributed by atoms with Crippen LogP contribution >= 0.6 is 10.7 Å². The molecule has 0 saturated heterocycles. The van der Waals surface area contributed by atoms with Crippen LogP contribution < -0.4 is 0 Å². The summed E-state index contributed by atoms with van der Waals surface area (Å²) >= 11 is 0. The van der Waals surface area contributed by atoms with Gasteiger partial charge in [0.25, 0.3) is 9.05 Å². The molecule has 0 spiro atoms. The Balaban J connectivity index is 2.50. The molecule has 0 amide bonds. The van der Waals surface area contributed by atoms with Gasteiger partial charge < -0.3 is 5.11 Å². The van der Waals surface area contributed by atoms with Gasteiger partial charge in [-0.25, -0.2) is 13.2 Å². The zero-order chi connectivity index (χ0) is 14.0. The Hall–Kier alpha value is -1.07. The van der Waals surface area contributed by atoms with Gasteiger partial charge in [0.2, 0.25) is 0 Å². The van der Waals surface area contributed by atoms with Gasteiger partial charge >= 0.3 is 5.97 Å². The standard InChI is InChI=1S/C13H15ClO4S/c14-19(17,18)12-8-10(13(15)16)6-7-11(12)9-4-2-1-3-5-9/h6-9H,1-5H2,(H,15,16). The molecule has 0 bridgehead atoms. The van der Waals surface area contributed by atoms with Gasteiger partial charge in [0, 0.05) is 10.7 Å². The average molecular weight is 303 g/mol. The Bertz CT molecular complexity index is 589. The lowest BCUT2D eigenvalue weighted by Crippen LogP contribution is -2.10. The Morgan fingerprint density at radius 3 is 2.37 bits per heavy atom. The normalized spacial score (nSPS) is 17.3. The van der Waals surface area contributed by atoms with Crippen LogP contribution in [0.25, 0.3) is 0 Å². The highest BCUT2D eigenvalue weighted by Crippen LogP contribution is 2.37. The molecule has 1 N–H and O–H groups in total. The third-order valence-electron chi connectivity index (χ3n) is 3.57. The average Bonchev–Trinajstić information content (AvgIpc) is 2.38. The van der Waals surface area contributed by atoms with E-state index in [9.17, 15) is 13.2 Å². The van der Waals surface area contributed by atoms with Gasteiger partial charge in [0.05, 0.1) is 10.5 Å². The van der Waals surface area contributed by atoms with Crippen LogP contribution in [0.3, 0.4) is 0 Å². The highest BCUT2D eigenvalue weighted by Gasteiger charge is 2.25. The molecule has 1 aliphatic carbocycles. The molecule has 0 aliphatic heterocycles. The van der Waals surface area contributed by atoms with E-state index in [4.69, 9.17) is 15.8 Å². The lowest BCUT2D eigenvalue weighted by atomic mass is 9.84. The van der Waals surface area contributed by atoms with E-state index >= 15 is 0 Å². The maximum atomic E-state index is 11.6. The molecule has 0 unspecified atom stereocenters. The van der Waals surface area contributed by atoms with Crippen molar-refractivity contribution in [3.8, 4) is 0 Å². The minimum absolute atomic E-state index is 0.0547. The van der Waals surface area contributed by atoms with E-state index in [2.05, 4.69) is 0 Å². The summed E-state index contributed by atoms with van der Waals surface area (Å²) in [6.07, 6.45) is 5.13. The van der Waals surface area contributed by atoms with Crippen molar-refractivity contribution < 1.29 is 18.3 Å². The summed E-state index contributed by atoms with van der Waals surface area (Å²) in [6, 6.07) is 4.20. The quantitative estimate of drug-likeness (QED) is 0.869. The fraction of sp³-hybridized carbons (Fsp3) is 0.462. The molecule has 0 aromatic heterocycles. The number of benzene rings is 1. The van der Waals surface area contributed by atoms with Crippen LogP contribution in [0.15, 0.2) is 23.1 Å². The van der Waals surface area contributed by atoms with Gasteiger partial charge in [-0.2, -0.15) is 0 Å². The summed E-state index contributed by atoms with van der Waals surface area (Å²) in [5.41, 5.74) is 0.596. The smallest absolute Gasteiger partial charge is 0.335 e. The minimum atomic E-state index is -3.93. The molecular formula is C13H15ClO4S. The van der Waals surface area contributed by atoms with Crippen LogP contribution in [-0.2, 0) is 9.05 Å². The van der Waals surface area contributed by atoms with E-state index in [1.165, 1.54) is 6.07 Å². The lowest BCUT2D eigenvalue weighted by molar-refractivity contribution is 0.0696. The van der Waals surface area contributed by atoms with Crippen LogP contribution in [0.5, 0.6) is 0 Å². The van der Waals surface area contributed by atoms with Gasteiger partial charge in [-0.05, 0) is 36.5 Å². The zero-order valence-corrected chi connectivity index (χ0v) is 11.9. The molecule has 1 saturated carbocycles. The predicted octanol–water partition coefficient (Wildman–Crippen LogP) is 3.36. The number of carbonyl (C=O) groups is 1. The number of hydrogen-bond acceptors (Lipinski definition) is 3. The minimum Gasteiger partial charge on any atom is -0.478 e. The highest BCUT2D eigenvalue weighted by molar-refractivity contribution is 8.13. The fourth-order valence-electron chi connectivity index (χ4n) is 2.63. The monoisotopic (exact) mass is 302 g/mol. The van der Waals surface area contributed by atoms with Gasteiger partial charge in [-0.3, -0.25) is 0 Å². The fourth-order valence-corrected chi connectivity index (χ4v) is 3.81. The van der Waals surface area contributed by atoms with Crippen molar-refractivity contribution >= 4 is 25.7 Å². The van der Waals surface area contributed by atoms with Crippen molar-refractivity contribution in [2.45, 2.75) is 42.9 Å². The van der Waals surface area contributed by atoms with Gasteiger partial charge in [-0.1, -0.05) is 25.3 Å². The van der Waals surface area contributed by atoms with E-state index in [-0.39, 0.29) is 16.4 Å². The van der Waals surface area contributed by atoms with Crippen molar-refractivity contribution in [2.24, 2.45) is 0 Å². The van der Waals surface area contributed by atoms with E-state index < -0.39 is 15.0 Å². The maximum Gasteiger partial charge on any atom is 0.335 e. The van der Waals surface area contributed by atoms with E-state index in [0.29, 0.717) is 5.56 Å². The third-order valence-corrected chi connectivity index (χ3v) is 4.95. The first-order valence-corrected chi connectivity index (χ1v) is 8.52. The first-order valence-electron chi connectivity index (χ1n) is 6.21. The number of rotatable bonds is 3. The first-order chi connectivity index (χ1) is 8.89. The van der Waals surface area contributed by atoms with E-state index in [1.54, 1.807) is 6.07 Å². The number of halogens is 1. The van der Waals surface area contributed by atoms with Crippen LogP contribution in [0.1, 0.15) is 53.9 Å². The number of carboxylic acids is 1. The number of carboxylic acid groups (broad SMARTS) is 1. The van der Waals surface area contributed by atoms with Crippen LogP contribution in [-0.4, -0.2) is 19.5 Å². The molecule has 1 aliphatic rings. The topological polar surface area (TPSA) is 71.4 Å². The largest absolute Gasteiger partial charge is 0.478 e. The summed E-state index contributed by atoms with van der Waals surface area (Å²) < 4.78 is 23.3. The summed E-state index contributed by atoms with van der Waals surface area (Å²) in [5.74, 6) is -1.00. The van der Waals surface area contributed by atoms with Crippen molar-refractivity contribution in [3.05, 3.63) is 29.3 Å². The lowest BCUT2D eigenvalue weighted by Gasteiger charge is -2.23. The van der Waals surface area contributed by atoms with Crippen molar-refractivity contribution in [1.29, 1.82) is 0 Å². The molecule has 4 nitrogen and oxygen atoms in total. The van der Waals surface area contributed by atoms with Gasteiger partial charge in [0.1, 0.15) is 0 Å². The Labute approximate surface area is 116 Å². The SMILES string of the molecule is O=C(O)c1ccc(C2CCCCC2)c(S(=O)(=O)Cl)c1. The third kappa shape index (κ3) is 3.28. The molecular weight excluding hydrogens is 288 g/mol. The Morgan fingerprint density at radius 2 is 1.84 bits per heavy atom. The first kappa shape index (κ1) is 14.3. The molecule has 104 valence electrons.